The Bertz CT molecular complexity index is 658. The number of benzene rings is 1. The fourth-order valence-corrected chi connectivity index (χ4v) is 2.74. The van der Waals surface area contributed by atoms with E-state index in [1.807, 2.05) is 0 Å². The molecule has 0 spiro atoms. The predicted molar refractivity (Wildman–Crippen MR) is 78.8 cm³/mol. The van der Waals surface area contributed by atoms with Gasteiger partial charge in [-0.25, -0.2) is 4.98 Å². The van der Waals surface area contributed by atoms with Gasteiger partial charge in [0, 0.05) is 5.69 Å². The van der Waals surface area contributed by atoms with Crippen molar-refractivity contribution in [2.24, 2.45) is 11.3 Å². The Hall–Kier alpha value is -1.95. The molecular formula is C14H16N2O3S. The van der Waals surface area contributed by atoms with E-state index in [2.05, 4.69) is 10.3 Å². The number of hydrogen-bond donors (Lipinski definition) is 2. The minimum absolute atomic E-state index is 0.506. The summed E-state index contributed by atoms with van der Waals surface area (Å²) in [7, 11) is 0. The quantitative estimate of drug-likeness (QED) is 0.852. The maximum Gasteiger partial charge on any atom is 0.316 e. The minimum Gasteiger partial charge on any atom is -0.481 e. The fourth-order valence-electron chi connectivity index (χ4n) is 2.02. The third kappa shape index (κ3) is 2.96. The van der Waals surface area contributed by atoms with Crippen LogP contribution in [0.5, 0.6) is 0 Å². The van der Waals surface area contributed by atoms with Crippen molar-refractivity contribution in [1.29, 1.82) is 0 Å². The highest BCUT2D eigenvalue weighted by Gasteiger charge is 2.37. The second-order valence-corrected chi connectivity index (χ2v) is 6.55. The van der Waals surface area contributed by atoms with E-state index >= 15 is 0 Å². The highest BCUT2D eigenvalue weighted by Crippen LogP contribution is 2.28. The number of nitrogens with zero attached hydrogens (tertiary/aromatic N) is 1. The standard InChI is InChI=1S/C14H16N2O3S/c1-14(2,3)11(13(18)19)12(17)16-8-4-5-9-10(6-8)20-7-15-9/h4-7,11H,1-3H3,(H,16,17)(H,18,19). The summed E-state index contributed by atoms with van der Waals surface area (Å²) in [6.45, 7) is 5.20. The third-order valence-electron chi connectivity index (χ3n) is 2.97. The largest absolute Gasteiger partial charge is 0.481 e. The number of fused-ring (bicyclic) bond motifs is 1. The summed E-state index contributed by atoms with van der Waals surface area (Å²) in [6, 6.07) is 5.32. The molecule has 5 nitrogen and oxygen atoms in total. The zero-order valence-electron chi connectivity index (χ0n) is 11.5. The van der Waals surface area contributed by atoms with E-state index in [9.17, 15) is 14.7 Å². The van der Waals surface area contributed by atoms with Crippen LogP contribution in [-0.4, -0.2) is 22.0 Å². The smallest absolute Gasteiger partial charge is 0.316 e. The van der Waals surface area contributed by atoms with Gasteiger partial charge in [0.05, 0.1) is 15.7 Å². The van der Waals surface area contributed by atoms with Crippen molar-refractivity contribution in [3.63, 3.8) is 0 Å². The number of thiazole rings is 1. The molecule has 0 radical (unpaired) electrons. The molecule has 0 fully saturated rings. The van der Waals surface area contributed by atoms with Crippen molar-refractivity contribution in [2.45, 2.75) is 20.8 Å². The fraction of sp³-hybridized carbons (Fsp3) is 0.357. The number of aliphatic carboxylic acids is 1. The first kappa shape index (κ1) is 14.5. The number of nitrogens with one attached hydrogen (secondary N) is 1. The summed E-state index contributed by atoms with van der Waals surface area (Å²) in [5.74, 6) is -2.72. The SMILES string of the molecule is CC(C)(C)C(C(=O)O)C(=O)Nc1ccc2ncsc2c1. The molecule has 1 amide bonds. The maximum absolute atomic E-state index is 12.2. The van der Waals surface area contributed by atoms with E-state index in [0.29, 0.717) is 5.69 Å². The number of amides is 1. The van der Waals surface area contributed by atoms with E-state index in [0.717, 1.165) is 10.2 Å². The summed E-state index contributed by atoms with van der Waals surface area (Å²) in [5, 5.41) is 11.9. The summed E-state index contributed by atoms with van der Waals surface area (Å²) < 4.78 is 0.949. The van der Waals surface area contributed by atoms with Crippen LogP contribution in [0.25, 0.3) is 10.2 Å². The number of hydrogen-bond acceptors (Lipinski definition) is 4. The lowest BCUT2D eigenvalue weighted by Gasteiger charge is -2.25. The van der Waals surface area contributed by atoms with Crippen molar-refractivity contribution in [1.82, 2.24) is 4.98 Å². The maximum atomic E-state index is 12.2. The molecule has 0 aliphatic heterocycles. The lowest BCUT2D eigenvalue weighted by atomic mass is 9.80. The molecule has 1 aromatic carbocycles. The van der Waals surface area contributed by atoms with Crippen molar-refractivity contribution in [2.75, 3.05) is 5.32 Å². The monoisotopic (exact) mass is 292 g/mol. The molecule has 6 heteroatoms. The van der Waals surface area contributed by atoms with Gasteiger partial charge in [0.2, 0.25) is 5.91 Å². The topological polar surface area (TPSA) is 79.3 Å². The lowest BCUT2D eigenvalue weighted by Crippen LogP contribution is -2.39. The molecule has 0 aliphatic rings. The van der Waals surface area contributed by atoms with Crippen LogP contribution in [0.3, 0.4) is 0 Å². The molecular weight excluding hydrogens is 276 g/mol. The summed E-state index contributed by atoms with van der Waals surface area (Å²) in [6.07, 6.45) is 0. The van der Waals surface area contributed by atoms with Gasteiger partial charge in [-0.15, -0.1) is 11.3 Å². The second kappa shape index (κ2) is 5.20. The van der Waals surface area contributed by atoms with Crippen LogP contribution in [0, 0.1) is 11.3 Å². The van der Waals surface area contributed by atoms with Crippen molar-refractivity contribution < 1.29 is 14.7 Å². The molecule has 0 bridgehead atoms. The number of anilines is 1. The van der Waals surface area contributed by atoms with Crippen LogP contribution in [0.2, 0.25) is 0 Å². The van der Waals surface area contributed by atoms with Gasteiger partial charge < -0.3 is 10.4 Å². The highest BCUT2D eigenvalue weighted by molar-refractivity contribution is 7.16. The first-order valence-electron chi connectivity index (χ1n) is 6.16. The molecule has 0 saturated heterocycles. The van der Waals surface area contributed by atoms with Gasteiger partial charge in [0.25, 0.3) is 0 Å². The number of carbonyl (C=O) groups excluding carboxylic acids is 1. The van der Waals surface area contributed by atoms with Gasteiger partial charge in [-0.1, -0.05) is 20.8 Å². The average molecular weight is 292 g/mol. The van der Waals surface area contributed by atoms with Crippen LogP contribution in [-0.2, 0) is 9.59 Å². The molecule has 2 aromatic rings. The Morgan fingerprint density at radius 2 is 2.05 bits per heavy atom. The molecule has 2 N–H and O–H groups in total. The van der Waals surface area contributed by atoms with Gasteiger partial charge in [0.1, 0.15) is 5.92 Å². The molecule has 2 rings (SSSR count). The Labute approximate surface area is 120 Å². The average Bonchev–Trinajstić information content (AvgIpc) is 2.73. The Balaban J connectivity index is 2.23. The van der Waals surface area contributed by atoms with Gasteiger partial charge in [-0.05, 0) is 23.6 Å². The van der Waals surface area contributed by atoms with Crippen LogP contribution in [0.15, 0.2) is 23.7 Å². The third-order valence-corrected chi connectivity index (χ3v) is 3.77. The highest BCUT2D eigenvalue weighted by atomic mass is 32.1. The van der Waals surface area contributed by atoms with E-state index in [4.69, 9.17) is 0 Å². The predicted octanol–water partition coefficient (Wildman–Crippen LogP) is 2.98. The molecule has 1 heterocycles. The van der Waals surface area contributed by atoms with Crippen LogP contribution >= 0.6 is 11.3 Å². The summed E-state index contributed by atoms with van der Waals surface area (Å²) >= 11 is 1.47. The summed E-state index contributed by atoms with van der Waals surface area (Å²) in [4.78, 5) is 27.6. The number of rotatable bonds is 3. The Morgan fingerprint density at radius 1 is 1.35 bits per heavy atom. The van der Waals surface area contributed by atoms with E-state index in [1.54, 1.807) is 44.5 Å². The normalized spacial score (nSPS) is 13.2. The number of carboxylic acid groups (broad SMARTS) is 1. The lowest BCUT2D eigenvalue weighted by molar-refractivity contribution is -0.149. The first-order chi connectivity index (χ1) is 9.29. The molecule has 1 aromatic heterocycles. The molecule has 0 saturated carbocycles. The van der Waals surface area contributed by atoms with E-state index in [-0.39, 0.29) is 0 Å². The Morgan fingerprint density at radius 3 is 2.65 bits per heavy atom. The first-order valence-corrected chi connectivity index (χ1v) is 7.04. The molecule has 0 aliphatic carbocycles. The van der Waals surface area contributed by atoms with Gasteiger partial charge in [-0.2, -0.15) is 0 Å². The van der Waals surface area contributed by atoms with Crippen molar-refractivity contribution in [3.8, 4) is 0 Å². The van der Waals surface area contributed by atoms with Crippen molar-refractivity contribution in [3.05, 3.63) is 23.7 Å². The zero-order chi connectivity index (χ0) is 14.9. The number of carboxylic acids is 1. The van der Waals surface area contributed by atoms with Crippen molar-refractivity contribution >= 4 is 39.1 Å². The zero-order valence-corrected chi connectivity index (χ0v) is 12.3. The number of aromatic nitrogens is 1. The molecule has 106 valence electrons. The minimum atomic E-state index is -1.12. The summed E-state index contributed by atoms with van der Waals surface area (Å²) in [5.41, 5.74) is 2.52. The Kier molecular flexibility index (Phi) is 3.76. The van der Waals surface area contributed by atoms with E-state index in [1.165, 1.54) is 11.3 Å². The van der Waals surface area contributed by atoms with Gasteiger partial charge in [0.15, 0.2) is 0 Å². The molecule has 20 heavy (non-hydrogen) atoms. The van der Waals surface area contributed by atoms with E-state index < -0.39 is 23.2 Å². The van der Waals surface area contributed by atoms with Crippen LogP contribution < -0.4 is 5.32 Å². The van der Waals surface area contributed by atoms with Crippen LogP contribution in [0.4, 0.5) is 5.69 Å². The van der Waals surface area contributed by atoms with Gasteiger partial charge in [-0.3, -0.25) is 9.59 Å². The number of carbonyl (C=O) groups is 2. The van der Waals surface area contributed by atoms with Gasteiger partial charge >= 0.3 is 5.97 Å². The molecule has 1 unspecified atom stereocenters. The molecule has 1 atom stereocenters. The second-order valence-electron chi connectivity index (χ2n) is 5.66. The van der Waals surface area contributed by atoms with Crippen LogP contribution in [0.1, 0.15) is 20.8 Å².